The number of rotatable bonds is 3. The molecule has 0 spiro atoms. The van der Waals surface area contributed by atoms with E-state index in [-0.39, 0.29) is 11.7 Å². The van der Waals surface area contributed by atoms with Crippen LogP contribution < -0.4 is 4.90 Å². The average molecular weight is 259 g/mol. The Morgan fingerprint density at radius 3 is 2.68 bits per heavy atom. The largest absolute Gasteiger partial charge is 0.312 e. The quantitative estimate of drug-likeness (QED) is 0.782. The van der Waals surface area contributed by atoms with Gasteiger partial charge >= 0.3 is 0 Å². The van der Waals surface area contributed by atoms with Crippen LogP contribution >= 0.6 is 0 Å². The van der Waals surface area contributed by atoms with Crippen molar-refractivity contribution in [2.24, 2.45) is 5.92 Å². The molecule has 1 amide bonds. The molecule has 1 saturated heterocycles. The molecule has 3 nitrogen and oxygen atoms in total. The van der Waals surface area contributed by atoms with Gasteiger partial charge in [-0.1, -0.05) is 13.0 Å². The molecule has 0 aliphatic carbocycles. The van der Waals surface area contributed by atoms with Crippen LogP contribution in [0.5, 0.6) is 0 Å². The lowest BCUT2D eigenvalue weighted by molar-refractivity contribution is -0.133. The van der Waals surface area contributed by atoms with Crippen LogP contribution in [0.2, 0.25) is 0 Å². The van der Waals surface area contributed by atoms with Crippen LogP contribution in [-0.2, 0) is 9.59 Å². The predicted molar refractivity (Wildman–Crippen MR) is 76.3 cm³/mol. The lowest BCUT2D eigenvalue weighted by Gasteiger charge is -2.32. The fourth-order valence-corrected chi connectivity index (χ4v) is 2.57. The zero-order valence-corrected chi connectivity index (χ0v) is 11.9. The van der Waals surface area contributed by atoms with E-state index >= 15 is 0 Å². The van der Waals surface area contributed by atoms with Gasteiger partial charge < -0.3 is 4.90 Å². The molecule has 1 aliphatic heterocycles. The third-order valence-electron chi connectivity index (χ3n) is 3.98. The number of amides is 1. The summed E-state index contributed by atoms with van der Waals surface area (Å²) in [5.41, 5.74) is 3.31. The molecule has 1 aliphatic rings. The first-order valence-electron chi connectivity index (χ1n) is 6.96. The number of hydrogen-bond donors (Lipinski definition) is 0. The highest BCUT2D eigenvalue weighted by Crippen LogP contribution is 2.27. The molecule has 2 rings (SSSR count). The topological polar surface area (TPSA) is 37.4 Å². The van der Waals surface area contributed by atoms with E-state index in [0.29, 0.717) is 12.8 Å². The van der Waals surface area contributed by atoms with E-state index in [0.717, 1.165) is 18.7 Å². The Balaban J connectivity index is 2.26. The maximum atomic E-state index is 12.4. The van der Waals surface area contributed by atoms with Crippen molar-refractivity contribution in [2.75, 3.05) is 11.4 Å². The van der Waals surface area contributed by atoms with E-state index in [4.69, 9.17) is 0 Å². The van der Waals surface area contributed by atoms with E-state index in [1.54, 1.807) is 4.90 Å². The Labute approximate surface area is 114 Å². The van der Waals surface area contributed by atoms with Crippen molar-refractivity contribution in [1.82, 2.24) is 0 Å². The number of nitrogens with zero attached hydrogens (tertiary/aromatic N) is 1. The fraction of sp³-hybridized carbons (Fsp3) is 0.500. The van der Waals surface area contributed by atoms with Gasteiger partial charge in [0.15, 0.2) is 0 Å². The number of aryl methyl sites for hydroxylation is 2. The molecule has 1 atom stereocenters. The van der Waals surface area contributed by atoms with Crippen molar-refractivity contribution in [2.45, 2.75) is 40.0 Å². The van der Waals surface area contributed by atoms with Gasteiger partial charge in [0, 0.05) is 18.7 Å². The van der Waals surface area contributed by atoms with E-state index in [1.165, 1.54) is 11.1 Å². The van der Waals surface area contributed by atoms with Gasteiger partial charge in [0.05, 0.1) is 5.92 Å². The number of hydrogen-bond acceptors (Lipinski definition) is 2. The number of carbonyl (C=O) groups excluding carboxylic acids is 2. The van der Waals surface area contributed by atoms with Crippen molar-refractivity contribution in [3.05, 3.63) is 29.3 Å². The molecule has 1 fully saturated rings. The normalized spacial score (nSPS) is 19.6. The number of piperidine rings is 1. The minimum atomic E-state index is -0.430. The SMILES string of the molecule is CCC(=O)[C@@H]1CCCN(c2ccc(C)c(C)c2)C1=O. The smallest absolute Gasteiger partial charge is 0.237 e. The number of Topliss-reactive ketones (excluding diaryl/α,β-unsaturated/α-hetero) is 1. The maximum absolute atomic E-state index is 12.4. The maximum Gasteiger partial charge on any atom is 0.237 e. The van der Waals surface area contributed by atoms with Gasteiger partial charge in [-0.05, 0) is 49.9 Å². The first kappa shape index (κ1) is 13.8. The highest BCUT2D eigenvalue weighted by Gasteiger charge is 2.33. The lowest BCUT2D eigenvalue weighted by atomic mass is 9.91. The Hall–Kier alpha value is -1.64. The second-order valence-electron chi connectivity index (χ2n) is 5.27. The third kappa shape index (κ3) is 2.70. The van der Waals surface area contributed by atoms with E-state index in [2.05, 4.69) is 6.92 Å². The number of benzene rings is 1. The summed E-state index contributed by atoms with van der Waals surface area (Å²) in [6, 6.07) is 6.04. The molecule has 0 aromatic heterocycles. The van der Waals surface area contributed by atoms with Crippen molar-refractivity contribution >= 4 is 17.4 Å². The lowest BCUT2D eigenvalue weighted by Crippen LogP contribution is -2.44. The van der Waals surface area contributed by atoms with Crippen LogP contribution in [0, 0.1) is 19.8 Å². The van der Waals surface area contributed by atoms with Crippen molar-refractivity contribution in [1.29, 1.82) is 0 Å². The third-order valence-corrected chi connectivity index (χ3v) is 3.98. The van der Waals surface area contributed by atoms with Gasteiger partial charge in [-0.2, -0.15) is 0 Å². The summed E-state index contributed by atoms with van der Waals surface area (Å²) in [7, 11) is 0. The molecule has 0 radical (unpaired) electrons. The van der Waals surface area contributed by atoms with Gasteiger partial charge in [0.2, 0.25) is 5.91 Å². The summed E-state index contributed by atoms with van der Waals surface area (Å²) in [4.78, 5) is 26.0. The molecule has 19 heavy (non-hydrogen) atoms. The van der Waals surface area contributed by atoms with Gasteiger partial charge in [0.25, 0.3) is 0 Å². The van der Waals surface area contributed by atoms with Crippen LogP contribution in [0.15, 0.2) is 18.2 Å². The van der Waals surface area contributed by atoms with Crippen LogP contribution in [0.3, 0.4) is 0 Å². The Kier molecular flexibility index (Phi) is 4.03. The molecule has 1 aromatic rings. The Morgan fingerprint density at radius 2 is 2.05 bits per heavy atom. The molecule has 1 aromatic carbocycles. The fourth-order valence-electron chi connectivity index (χ4n) is 2.57. The van der Waals surface area contributed by atoms with E-state index in [1.807, 2.05) is 32.0 Å². The number of carbonyl (C=O) groups is 2. The highest BCUT2D eigenvalue weighted by atomic mass is 16.2. The summed E-state index contributed by atoms with van der Waals surface area (Å²) in [5.74, 6) is -0.389. The molecule has 102 valence electrons. The number of anilines is 1. The molecule has 3 heteroatoms. The van der Waals surface area contributed by atoms with Crippen molar-refractivity contribution in [3.8, 4) is 0 Å². The monoisotopic (exact) mass is 259 g/mol. The van der Waals surface area contributed by atoms with Gasteiger partial charge in [-0.25, -0.2) is 0 Å². The van der Waals surface area contributed by atoms with E-state index < -0.39 is 5.92 Å². The molecule has 0 bridgehead atoms. The summed E-state index contributed by atoms with van der Waals surface area (Å²) in [6.45, 7) is 6.64. The molecule has 1 heterocycles. The van der Waals surface area contributed by atoms with Crippen LogP contribution in [0.4, 0.5) is 5.69 Å². The minimum Gasteiger partial charge on any atom is -0.312 e. The summed E-state index contributed by atoms with van der Waals surface area (Å²) < 4.78 is 0. The van der Waals surface area contributed by atoms with Crippen molar-refractivity contribution < 1.29 is 9.59 Å². The Morgan fingerprint density at radius 1 is 1.32 bits per heavy atom. The molecule has 0 saturated carbocycles. The summed E-state index contributed by atoms with van der Waals surface area (Å²) in [6.07, 6.45) is 2.04. The summed E-state index contributed by atoms with van der Waals surface area (Å²) >= 11 is 0. The number of ketones is 1. The Bertz CT molecular complexity index is 507. The minimum absolute atomic E-state index is 0.0265. The second-order valence-corrected chi connectivity index (χ2v) is 5.27. The molecular formula is C16H21NO2. The summed E-state index contributed by atoms with van der Waals surface area (Å²) in [5, 5.41) is 0. The second kappa shape index (κ2) is 5.55. The molecule has 0 unspecified atom stereocenters. The van der Waals surface area contributed by atoms with Gasteiger partial charge in [-0.15, -0.1) is 0 Å². The standard InChI is InChI=1S/C16H21NO2/c1-4-15(18)14-6-5-9-17(16(14)19)13-8-7-11(2)12(3)10-13/h7-8,10,14H,4-6,9H2,1-3H3/t14-/m0/s1. The zero-order chi connectivity index (χ0) is 14.0. The average Bonchev–Trinajstić information content (AvgIpc) is 2.41. The van der Waals surface area contributed by atoms with Crippen LogP contribution in [-0.4, -0.2) is 18.2 Å². The molecular weight excluding hydrogens is 238 g/mol. The van der Waals surface area contributed by atoms with Gasteiger partial charge in [-0.3, -0.25) is 9.59 Å². The first-order valence-corrected chi connectivity index (χ1v) is 6.96. The van der Waals surface area contributed by atoms with Crippen molar-refractivity contribution in [3.63, 3.8) is 0 Å². The highest BCUT2D eigenvalue weighted by molar-refractivity contribution is 6.08. The van der Waals surface area contributed by atoms with Crippen LogP contribution in [0.25, 0.3) is 0 Å². The first-order chi connectivity index (χ1) is 9.04. The molecule has 0 N–H and O–H groups in total. The van der Waals surface area contributed by atoms with Gasteiger partial charge in [0.1, 0.15) is 5.78 Å². The van der Waals surface area contributed by atoms with E-state index in [9.17, 15) is 9.59 Å². The zero-order valence-electron chi connectivity index (χ0n) is 11.9. The van der Waals surface area contributed by atoms with Crippen LogP contribution in [0.1, 0.15) is 37.3 Å². The predicted octanol–water partition coefficient (Wildman–Crippen LogP) is 3.03.